The summed E-state index contributed by atoms with van der Waals surface area (Å²) in [5, 5.41) is 12.4. The van der Waals surface area contributed by atoms with Crippen molar-refractivity contribution in [2.75, 3.05) is 33.4 Å². The Hall–Kier alpha value is -2.08. The molecule has 0 radical (unpaired) electrons. The molecule has 1 aliphatic carbocycles. The second-order valence-electron chi connectivity index (χ2n) is 7.68. The maximum atomic E-state index is 13.4. The van der Waals surface area contributed by atoms with Gasteiger partial charge in [0.25, 0.3) is 0 Å². The van der Waals surface area contributed by atoms with Crippen molar-refractivity contribution in [1.82, 2.24) is 10.2 Å². The third kappa shape index (κ3) is 4.61. The number of methoxy groups -OCH3 is 1. The Balaban J connectivity index is 1.72. The monoisotopic (exact) mass is 374 g/mol. The van der Waals surface area contributed by atoms with Crippen LogP contribution in [0.15, 0.2) is 24.3 Å². The van der Waals surface area contributed by atoms with Crippen LogP contribution < -0.4 is 10.1 Å². The lowest BCUT2D eigenvalue weighted by Crippen LogP contribution is -2.41. The minimum atomic E-state index is -0.445. The van der Waals surface area contributed by atoms with E-state index in [1.165, 1.54) is 0 Å². The summed E-state index contributed by atoms with van der Waals surface area (Å²) in [5.41, 5.74) is 0.583. The van der Waals surface area contributed by atoms with Crippen LogP contribution in [0.3, 0.4) is 0 Å². The molecule has 27 heavy (non-hydrogen) atoms. The molecule has 6 heteroatoms. The van der Waals surface area contributed by atoms with Crippen LogP contribution in [0.2, 0.25) is 0 Å². The lowest BCUT2D eigenvalue weighted by atomic mass is 9.93. The zero-order valence-corrected chi connectivity index (χ0v) is 16.1. The fourth-order valence-corrected chi connectivity index (χ4v) is 3.92. The summed E-state index contributed by atoms with van der Waals surface area (Å²) >= 11 is 0. The van der Waals surface area contributed by atoms with E-state index in [2.05, 4.69) is 5.32 Å². The number of nitrogens with one attached hydrogen (secondary N) is 1. The van der Waals surface area contributed by atoms with E-state index in [0.29, 0.717) is 26.1 Å². The first-order valence-electron chi connectivity index (χ1n) is 9.90. The Morgan fingerprint density at radius 3 is 2.63 bits per heavy atom. The van der Waals surface area contributed by atoms with Crippen LogP contribution in [0.1, 0.15) is 44.1 Å². The molecule has 1 atom stereocenters. The molecule has 1 aromatic carbocycles. The molecule has 1 aliphatic heterocycles. The second-order valence-corrected chi connectivity index (χ2v) is 7.68. The summed E-state index contributed by atoms with van der Waals surface area (Å²) in [6, 6.07) is 7.75. The van der Waals surface area contributed by atoms with Gasteiger partial charge < -0.3 is 20.1 Å². The Morgan fingerprint density at radius 2 is 2.00 bits per heavy atom. The van der Waals surface area contributed by atoms with Crippen LogP contribution in [0, 0.1) is 5.92 Å². The summed E-state index contributed by atoms with van der Waals surface area (Å²) in [5.74, 6) is 1.06. The fraction of sp³-hybridized carbons (Fsp3) is 0.619. The number of hydrogen-bond donors (Lipinski definition) is 2. The molecule has 0 spiro atoms. The highest BCUT2D eigenvalue weighted by Crippen LogP contribution is 2.50. The molecule has 0 aromatic heterocycles. The molecular weight excluding hydrogens is 344 g/mol. The number of amides is 2. The number of carbonyl (C=O) groups excluding carboxylic acids is 2. The highest BCUT2D eigenvalue weighted by atomic mass is 16.5. The molecule has 1 unspecified atom stereocenters. The third-order valence-corrected chi connectivity index (χ3v) is 5.87. The van der Waals surface area contributed by atoms with Crippen molar-refractivity contribution in [3.63, 3.8) is 0 Å². The molecule has 1 saturated carbocycles. The van der Waals surface area contributed by atoms with Gasteiger partial charge in [0.1, 0.15) is 5.75 Å². The van der Waals surface area contributed by atoms with Crippen molar-refractivity contribution in [3.05, 3.63) is 29.8 Å². The van der Waals surface area contributed by atoms with Gasteiger partial charge in [0.05, 0.1) is 12.5 Å². The number of aliphatic hydroxyl groups excluding tert-OH is 1. The number of rotatable bonds is 4. The molecule has 2 aliphatic rings. The minimum Gasteiger partial charge on any atom is -0.497 e. The molecule has 2 N–H and O–H groups in total. The van der Waals surface area contributed by atoms with Crippen molar-refractivity contribution in [1.29, 1.82) is 0 Å². The van der Waals surface area contributed by atoms with Gasteiger partial charge in [-0.3, -0.25) is 9.59 Å². The van der Waals surface area contributed by atoms with Crippen molar-refractivity contribution in [2.24, 2.45) is 5.92 Å². The smallest absolute Gasteiger partial charge is 0.233 e. The highest BCUT2D eigenvalue weighted by Gasteiger charge is 2.52. The van der Waals surface area contributed by atoms with E-state index in [9.17, 15) is 14.7 Å². The summed E-state index contributed by atoms with van der Waals surface area (Å²) in [7, 11) is 1.63. The van der Waals surface area contributed by atoms with Crippen LogP contribution in [0.4, 0.5) is 0 Å². The van der Waals surface area contributed by atoms with Crippen LogP contribution in [0.25, 0.3) is 0 Å². The average Bonchev–Trinajstić information content (AvgIpc) is 3.50. The summed E-state index contributed by atoms with van der Waals surface area (Å²) in [6.07, 6.45) is 4.52. The number of carbonyl (C=O) groups is 2. The normalized spacial score (nSPS) is 23.1. The summed E-state index contributed by atoms with van der Waals surface area (Å²) < 4.78 is 5.22. The molecule has 3 rings (SSSR count). The predicted molar refractivity (Wildman–Crippen MR) is 103 cm³/mol. The molecule has 6 nitrogen and oxygen atoms in total. The van der Waals surface area contributed by atoms with Gasteiger partial charge in [0, 0.05) is 32.7 Å². The maximum absolute atomic E-state index is 13.4. The van der Waals surface area contributed by atoms with Gasteiger partial charge in [0.2, 0.25) is 11.8 Å². The van der Waals surface area contributed by atoms with Crippen molar-refractivity contribution < 1.29 is 19.4 Å². The zero-order valence-electron chi connectivity index (χ0n) is 16.1. The first-order valence-corrected chi connectivity index (χ1v) is 9.90. The summed E-state index contributed by atoms with van der Waals surface area (Å²) in [6.45, 7) is 1.81. The van der Waals surface area contributed by atoms with Gasteiger partial charge in [-0.05, 0) is 55.7 Å². The molecule has 2 fully saturated rings. The summed E-state index contributed by atoms with van der Waals surface area (Å²) in [4.78, 5) is 27.3. The Morgan fingerprint density at radius 1 is 1.26 bits per heavy atom. The van der Waals surface area contributed by atoms with Crippen LogP contribution in [-0.4, -0.2) is 55.2 Å². The van der Waals surface area contributed by atoms with Gasteiger partial charge in [-0.15, -0.1) is 0 Å². The van der Waals surface area contributed by atoms with E-state index < -0.39 is 5.41 Å². The first-order chi connectivity index (χ1) is 13.1. The third-order valence-electron chi connectivity index (χ3n) is 5.87. The van der Waals surface area contributed by atoms with Gasteiger partial charge in [-0.25, -0.2) is 0 Å². The van der Waals surface area contributed by atoms with E-state index in [4.69, 9.17) is 4.74 Å². The predicted octanol–water partition coefficient (Wildman–Crippen LogP) is 1.85. The van der Waals surface area contributed by atoms with Crippen LogP contribution in [0.5, 0.6) is 5.75 Å². The molecule has 0 bridgehead atoms. The van der Waals surface area contributed by atoms with E-state index in [1.54, 1.807) is 7.11 Å². The number of hydrogen-bond acceptors (Lipinski definition) is 4. The lowest BCUT2D eigenvalue weighted by Gasteiger charge is -2.28. The number of benzene rings is 1. The number of ether oxygens (including phenoxy) is 1. The van der Waals surface area contributed by atoms with Crippen molar-refractivity contribution >= 4 is 11.8 Å². The van der Waals surface area contributed by atoms with E-state index >= 15 is 0 Å². The first kappa shape index (κ1) is 19.7. The Kier molecular flexibility index (Phi) is 6.37. The SMILES string of the molecule is COc1ccc(C2(C(=O)N3CCCC(CO)CCNC(=O)CC3)CC2)cc1. The minimum absolute atomic E-state index is 0.0271. The van der Waals surface area contributed by atoms with Crippen LogP contribution in [-0.2, 0) is 15.0 Å². The highest BCUT2D eigenvalue weighted by molar-refractivity contribution is 5.91. The van der Waals surface area contributed by atoms with Gasteiger partial charge in [-0.2, -0.15) is 0 Å². The molecule has 148 valence electrons. The van der Waals surface area contributed by atoms with Crippen molar-refractivity contribution in [2.45, 2.75) is 43.9 Å². The maximum Gasteiger partial charge on any atom is 0.233 e. The van der Waals surface area contributed by atoms with Crippen molar-refractivity contribution in [3.8, 4) is 5.75 Å². The standard InChI is InChI=1S/C21H30N2O4/c1-27-18-6-4-17(5-7-18)21(10-11-21)20(26)23-13-2-3-16(15-24)8-12-22-19(25)9-14-23/h4-7,16,24H,2-3,8-15H2,1H3,(H,22,25). The molecule has 2 amide bonds. The fourth-order valence-electron chi connectivity index (χ4n) is 3.92. The van der Waals surface area contributed by atoms with Crippen LogP contribution >= 0.6 is 0 Å². The quantitative estimate of drug-likeness (QED) is 0.843. The number of nitrogens with zero attached hydrogens (tertiary/aromatic N) is 1. The van der Waals surface area contributed by atoms with E-state index in [-0.39, 0.29) is 24.3 Å². The van der Waals surface area contributed by atoms with E-state index in [1.807, 2.05) is 29.2 Å². The number of aliphatic hydroxyl groups is 1. The van der Waals surface area contributed by atoms with Gasteiger partial charge >= 0.3 is 0 Å². The second kappa shape index (κ2) is 8.74. The zero-order chi connectivity index (χ0) is 19.3. The lowest BCUT2D eigenvalue weighted by molar-refractivity contribution is -0.134. The molecule has 1 heterocycles. The molecule has 1 saturated heterocycles. The van der Waals surface area contributed by atoms with E-state index in [0.717, 1.165) is 43.4 Å². The largest absolute Gasteiger partial charge is 0.497 e. The van der Waals surface area contributed by atoms with Gasteiger partial charge in [0.15, 0.2) is 0 Å². The Bertz CT molecular complexity index is 655. The topological polar surface area (TPSA) is 78.9 Å². The van der Waals surface area contributed by atoms with Gasteiger partial charge in [-0.1, -0.05) is 12.1 Å². The molecule has 1 aromatic rings. The average molecular weight is 374 g/mol. The molecular formula is C21H30N2O4. The Labute approximate surface area is 160 Å².